The van der Waals surface area contributed by atoms with E-state index in [1.165, 1.54) is 0 Å². The topological polar surface area (TPSA) is 103 Å². The second-order valence-corrected chi connectivity index (χ2v) is 6.17. The lowest BCUT2D eigenvalue weighted by Crippen LogP contribution is -2.33. The number of carbonyl (C=O) groups excluding carboxylic acids is 1. The number of nitrogens with one attached hydrogen (secondary N) is 3. The molecule has 2 heterocycles. The van der Waals surface area contributed by atoms with Crippen LogP contribution in [0.1, 0.15) is 5.56 Å². The van der Waals surface area contributed by atoms with E-state index in [-0.39, 0.29) is 6.03 Å². The first-order chi connectivity index (χ1) is 12.7. The molecule has 0 aliphatic rings. The van der Waals surface area contributed by atoms with Crippen molar-refractivity contribution in [3.8, 4) is 6.07 Å². The van der Waals surface area contributed by atoms with E-state index in [0.29, 0.717) is 30.2 Å². The second kappa shape index (κ2) is 8.27. The van der Waals surface area contributed by atoms with Crippen LogP contribution in [-0.4, -0.2) is 29.1 Å². The minimum absolute atomic E-state index is 0.328. The highest BCUT2D eigenvalue weighted by molar-refractivity contribution is 9.10. The van der Waals surface area contributed by atoms with Crippen molar-refractivity contribution >= 4 is 44.4 Å². The van der Waals surface area contributed by atoms with Gasteiger partial charge in [-0.3, -0.25) is 4.98 Å². The Balaban J connectivity index is 1.57. The SMILES string of the molecule is N#Cc1cccnc1NCCNC(=O)Nc1c(Br)ccc2ncccc12. The van der Waals surface area contributed by atoms with Crippen LogP contribution in [0.3, 0.4) is 0 Å². The number of pyridine rings is 2. The highest BCUT2D eigenvalue weighted by Crippen LogP contribution is 2.30. The van der Waals surface area contributed by atoms with E-state index in [9.17, 15) is 4.79 Å². The summed E-state index contributed by atoms with van der Waals surface area (Å²) in [6, 6.07) is 12.6. The number of benzene rings is 1. The normalized spacial score (nSPS) is 10.2. The summed E-state index contributed by atoms with van der Waals surface area (Å²) in [4.78, 5) is 20.6. The van der Waals surface area contributed by atoms with Crippen molar-refractivity contribution in [2.45, 2.75) is 0 Å². The average Bonchev–Trinajstić information content (AvgIpc) is 2.68. The van der Waals surface area contributed by atoms with E-state index in [1.54, 1.807) is 24.5 Å². The van der Waals surface area contributed by atoms with Crippen LogP contribution >= 0.6 is 15.9 Å². The Morgan fingerprint density at radius 2 is 1.92 bits per heavy atom. The Kier molecular flexibility index (Phi) is 5.61. The lowest BCUT2D eigenvalue weighted by Gasteiger charge is -2.12. The van der Waals surface area contributed by atoms with Gasteiger partial charge in [-0.25, -0.2) is 9.78 Å². The first-order valence-electron chi connectivity index (χ1n) is 7.86. The summed E-state index contributed by atoms with van der Waals surface area (Å²) >= 11 is 3.45. The van der Waals surface area contributed by atoms with Crippen LogP contribution in [-0.2, 0) is 0 Å². The number of hydrogen-bond donors (Lipinski definition) is 3. The molecule has 26 heavy (non-hydrogen) atoms. The number of halogens is 1. The molecule has 7 nitrogen and oxygen atoms in total. The Morgan fingerprint density at radius 1 is 1.12 bits per heavy atom. The Morgan fingerprint density at radius 3 is 2.77 bits per heavy atom. The summed E-state index contributed by atoms with van der Waals surface area (Å²) in [5.74, 6) is 0.500. The molecule has 2 amide bonds. The minimum Gasteiger partial charge on any atom is -0.367 e. The van der Waals surface area contributed by atoms with Crippen LogP contribution < -0.4 is 16.0 Å². The number of carbonyl (C=O) groups is 1. The van der Waals surface area contributed by atoms with E-state index in [0.717, 1.165) is 15.4 Å². The number of rotatable bonds is 5. The summed E-state index contributed by atoms with van der Waals surface area (Å²) in [7, 11) is 0. The Labute approximate surface area is 158 Å². The van der Waals surface area contributed by atoms with Crippen LogP contribution in [0, 0.1) is 11.3 Å². The predicted molar refractivity (Wildman–Crippen MR) is 104 cm³/mol. The fourth-order valence-corrected chi connectivity index (χ4v) is 2.85. The smallest absolute Gasteiger partial charge is 0.319 e. The summed E-state index contributed by atoms with van der Waals surface area (Å²) < 4.78 is 0.776. The fraction of sp³-hybridized carbons (Fsp3) is 0.111. The predicted octanol–water partition coefficient (Wildman–Crippen LogP) is 3.50. The molecule has 3 N–H and O–H groups in total. The summed E-state index contributed by atoms with van der Waals surface area (Å²) in [6.45, 7) is 0.811. The third-order valence-corrected chi connectivity index (χ3v) is 4.26. The molecule has 0 spiro atoms. The quantitative estimate of drug-likeness (QED) is 0.558. The van der Waals surface area contributed by atoms with Gasteiger partial charge in [-0.15, -0.1) is 0 Å². The van der Waals surface area contributed by atoms with E-state index in [2.05, 4.69) is 47.9 Å². The van der Waals surface area contributed by atoms with Gasteiger partial charge in [-0.2, -0.15) is 5.26 Å². The molecule has 0 radical (unpaired) electrons. The number of amides is 2. The first-order valence-corrected chi connectivity index (χ1v) is 8.65. The van der Waals surface area contributed by atoms with E-state index in [1.807, 2.05) is 24.3 Å². The van der Waals surface area contributed by atoms with Crippen molar-refractivity contribution in [1.82, 2.24) is 15.3 Å². The lowest BCUT2D eigenvalue weighted by molar-refractivity contribution is 0.252. The molecule has 0 aliphatic heterocycles. The van der Waals surface area contributed by atoms with Gasteiger partial charge in [0.05, 0.1) is 16.8 Å². The maximum Gasteiger partial charge on any atom is 0.319 e. The van der Waals surface area contributed by atoms with Crippen molar-refractivity contribution in [3.63, 3.8) is 0 Å². The number of aromatic nitrogens is 2. The molecule has 0 saturated heterocycles. The zero-order valence-electron chi connectivity index (χ0n) is 13.7. The molecular formula is C18H15BrN6O. The van der Waals surface area contributed by atoms with Crippen LogP contribution in [0.25, 0.3) is 10.9 Å². The molecule has 3 aromatic rings. The Bertz CT molecular complexity index is 985. The van der Waals surface area contributed by atoms with E-state index in [4.69, 9.17) is 5.26 Å². The van der Waals surface area contributed by atoms with Crippen LogP contribution in [0.4, 0.5) is 16.3 Å². The maximum absolute atomic E-state index is 12.2. The monoisotopic (exact) mass is 410 g/mol. The molecule has 0 fully saturated rings. The second-order valence-electron chi connectivity index (χ2n) is 5.31. The van der Waals surface area contributed by atoms with E-state index < -0.39 is 0 Å². The highest BCUT2D eigenvalue weighted by atomic mass is 79.9. The van der Waals surface area contributed by atoms with Crippen molar-refractivity contribution in [3.05, 3.63) is 58.8 Å². The van der Waals surface area contributed by atoms with Gasteiger partial charge in [0.15, 0.2) is 0 Å². The van der Waals surface area contributed by atoms with Crippen molar-refractivity contribution < 1.29 is 4.79 Å². The van der Waals surface area contributed by atoms with Gasteiger partial charge in [0.2, 0.25) is 0 Å². The highest BCUT2D eigenvalue weighted by Gasteiger charge is 2.10. The molecule has 2 aromatic heterocycles. The number of nitrogens with zero attached hydrogens (tertiary/aromatic N) is 3. The Hall–Kier alpha value is -3.18. The van der Waals surface area contributed by atoms with E-state index >= 15 is 0 Å². The summed E-state index contributed by atoms with van der Waals surface area (Å²) in [6.07, 6.45) is 3.31. The molecule has 130 valence electrons. The van der Waals surface area contributed by atoms with Gasteiger partial charge in [0.1, 0.15) is 11.9 Å². The van der Waals surface area contributed by atoms with Crippen LogP contribution in [0.15, 0.2) is 53.3 Å². The molecule has 3 rings (SSSR count). The standard InChI is InChI=1S/C18H15BrN6O/c19-14-5-6-15-13(4-2-7-21-15)16(14)25-18(26)24-10-9-23-17-12(11-20)3-1-8-22-17/h1-8H,9-10H2,(H,22,23)(H2,24,25,26). The molecule has 0 aliphatic carbocycles. The first kappa shape index (κ1) is 17.6. The van der Waals surface area contributed by atoms with Crippen LogP contribution in [0.2, 0.25) is 0 Å². The van der Waals surface area contributed by atoms with Gasteiger partial charge in [0, 0.05) is 35.3 Å². The zero-order valence-corrected chi connectivity index (χ0v) is 15.2. The third kappa shape index (κ3) is 4.07. The maximum atomic E-state index is 12.2. The van der Waals surface area contributed by atoms with Crippen LogP contribution in [0.5, 0.6) is 0 Å². The van der Waals surface area contributed by atoms with Gasteiger partial charge < -0.3 is 16.0 Å². The molecule has 1 aromatic carbocycles. The number of fused-ring (bicyclic) bond motifs is 1. The molecule has 0 bridgehead atoms. The third-order valence-electron chi connectivity index (χ3n) is 3.60. The summed E-state index contributed by atoms with van der Waals surface area (Å²) in [5, 5.41) is 18.5. The van der Waals surface area contributed by atoms with Crippen molar-refractivity contribution in [2.24, 2.45) is 0 Å². The average molecular weight is 411 g/mol. The largest absolute Gasteiger partial charge is 0.367 e. The molecule has 0 saturated carbocycles. The number of urea groups is 1. The molecule has 0 unspecified atom stereocenters. The molecule has 8 heteroatoms. The zero-order chi connectivity index (χ0) is 18.4. The molecular weight excluding hydrogens is 396 g/mol. The minimum atomic E-state index is -0.328. The van der Waals surface area contributed by atoms with Gasteiger partial charge in [0.25, 0.3) is 0 Å². The van der Waals surface area contributed by atoms with Crippen molar-refractivity contribution in [1.29, 1.82) is 5.26 Å². The summed E-state index contributed by atoms with van der Waals surface area (Å²) in [5.41, 5.74) is 1.92. The lowest BCUT2D eigenvalue weighted by atomic mass is 10.2. The van der Waals surface area contributed by atoms with Gasteiger partial charge in [-0.05, 0) is 52.3 Å². The fourth-order valence-electron chi connectivity index (χ4n) is 2.40. The van der Waals surface area contributed by atoms with Gasteiger partial charge >= 0.3 is 6.03 Å². The number of hydrogen-bond acceptors (Lipinski definition) is 5. The number of anilines is 2. The van der Waals surface area contributed by atoms with Crippen molar-refractivity contribution in [2.75, 3.05) is 23.7 Å². The molecule has 0 atom stereocenters. The number of nitriles is 1. The van der Waals surface area contributed by atoms with Gasteiger partial charge in [-0.1, -0.05) is 0 Å².